The van der Waals surface area contributed by atoms with E-state index in [4.69, 9.17) is 0 Å². The van der Waals surface area contributed by atoms with E-state index < -0.39 is 0 Å². The molecule has 0 aromatic carbocycles. The molecular weight excluding hydrogens is 202 g/mol. The number of rotatable bonds is 4. The van der Waals surface area contributed by atoms with Gasteiger partial charge in [-0.3, -0.25) is 9.20 Å². The van der Waals surface area contributed by atoms with Crippen molar-refractivity contribution in [2.45, 2.75) is 0 Å². The van der Waals surface area contributed by atoms with Crippen molar-refractivity contribution in [3.63, 3.8) is 0 Å². The van der Waals surface area contributed by atoms with E-state index in [-0.39, 0.29) is 0 Å². The maximum Gasteiger partial charge on any atom is 0.170 e. The van der Waals surface area contributed by atoms with E-state index >= 15 is 0 Å². The molecule has 0 amide bonds. The largest absolute Gasteiger partial charge is 0.354 e. The maximum atomic E-state index is 11.1. The molecule has 0 saturated heterocycles. The lowest BCUT2D eigenvalue weighted by atomic mass is 10.4. The van der Waals surface area contributed by atoms with Gasteiger partial charge in [-0.25, -0.2) is 4.98 Å². The third-order valence-electron chi connectivity index (χ3n) is 2.42. The first-order chi connectivity index (χ1) is 7.77. The molecular formula is C12H13N3O. The third-order valence-corrected chi connectivity index (χ3v) is 2.42. The van der Waals surface area contributed by atoms with E-state index in [1.165, 1.54) is 0 Å². The molecule has 2 rings (SSSR count). The van der Waals surface area contributed by atoms with Crippen LogP contribution < -0.4 is 4.90 Å². The zero-order chi connectivity index (χ0) is 11.5. The molecule has 0 fully saturated rings. The molecule has 0 N–H and O–H groups in total. The van der Waals surface area contributed by atoms with Gasteiger partial charge in [0.1, 0.15) is 11.3 Å². The summed E-state index contributed by atoms with van der Waals surface area (Å²) < 4.78 is 1.78. The van der Waals surface area contributed by atoms with E-state index in [0.29, 0.717) is 18.1 Å². The van der Waals surface area contributed by atoms with Crippen molar-refractivity contribution in [2.75, 3.05) is 18.5 Å². The van der Waals surface area contributed by atoms with E-state index in [1.54, 1.807) is 10.5 Å². The van der Waals surface area contributed by atoms with E-state index in [0.717, 1.165) is 11.9 Å². The molecule has 0 bridgehead atoms. The lowest BCUT2D eigenvalue weighted by molar-refractivity contribution is 0.111. The summed E-state index contributed by atoms with van der Waals surface area (Å²) in [7, 11) is 1.89. The number of aromatic nitrogens is 2. The number of pyridine rings is 1. The second-order valence-electron chi connectivity index (χ2n) is 3.54. The number of hydrogen-bond acceptors (Lipinski definition) is 3. The highest BCUT2D eigenvalue weighted by Crippen LogP contribution is 2.18. The van der Waals surface area contributed by atoms with Crippen LogP contribution in [0.4, 0.5) is 5.82 Å². The molecule has 4 heteroatoms. The van der Waals surface area contributed by atoms with Crippen LogP contribution >= 0.6 is 0 Å². The fourth-order valence-electron chi connectivity index (χ4n) is 1.67. The predicted molar refractivity (Wildman–Crippen MR) is 64.0 cm³/mol. The number of imidazole rings is 1. The number of nitrogens with zero attached hydrogens (tertiary/aromatic N) is 3. The van der Waals surface area contributed by atoms with Crippen LogP contribution in [0.25, 0.3) is 5.65 Å². The van der Waals surface area contributed by atoms with Crippen LogP contribution in [0.3, 0.4) is 0 Å². The van der Waals surface area contributed by atoms with Crippen molar-refractivity contribution >= 4 is 17.8 Å². The van der Waals surface area contributed by atoms with Crippen LogP contribution in [-0.4, -0.2) is 29.3 Å². The fourth-order valence-corrected chi connectivity index (χ4v) is 1.67. The Bertz CT molecular complexity index is 530. The van der Waals surface area contributed by atoms with Crippen molar-refractivity contribution in [2.24, 2.45) is 0 Å². The minimum Gasteiger partial charge on any atom is -0.354 e. The van der Waals surface area contributed by atoms with Gasteiger partial charge in [-0.1, -0.05) is 12.1 Å². The van der Waals surface area contributed by atoms with Gasteiger partial charge in [0, 0.05) is 19.8 Å². The Morgan fingerprint density at radius 2 is 2.38 bits per heavy atom. The van der Waals surface area contributed by atoms with Gasteiger partial charge in [-0.2, -0.15) is 0 Å². The second kappa shape index (κ2) is 4.18. The molecule has 2 aromatic rings. The summed E-state index contributed by atoms with van der Waals surface area (Å²) in [5, 5.41) is 0. The van der Waals surface area contributed by atoms with E-state index in [2.05, 4.69) is 11.6 Å². The van der Waals surface area contributed by atoms with Crippen LogP contribution in [0.5, 0.6) is 0 Å². The molecule has 0 saturated carbocycles. The molecule has 0 aliphatic rings. The monoisotopic (exact) mass is 215 g/mol. The Morgan fingerprint density at radius 3 is 3.06 bits per heavy atom. The van der Waals surface area contributed by atoms with E-state index in [1.807, 2.05) is 36.3 Å². The number of aldehydes is 1. The van der Waals surface area contributed by atoms with Gasteiger partial charge in [0.05, 0.1) is 0 Å². The zero-order valence-corrected chi connectivity index (χ0v) is 9.13. The zero-order valence-electron chi connectivity index (χ0n) is 9.13. The Balaban J connectivity index is 2.60. The molecule has 0 unspecified atom stereocenters. The van der Waals surface area contributed by atoms with Crippen LogP contribution in [0.2, 0.25) is 0 Å². The molecule has 0 spiro atoms. The summed E-state index contributed by atoms with van der Waals surface area (Å²) in [6.07, 6.45) is 4.44. The standard InChI is InChI=1S/C12H13N3O/c1-3-7-14(2)12-10(9-16)15-8-5-4-6-11(15)13-12/h3-6,8-9H,1,7H2,2H3. The van der Waals surface area contributed by atoms with Gasteiger partial charge in [0.25, 0.3) is 0 Å². The van der Waals surface area contributed by atoms with Gasteiger partial charge in [-0.15, -0.1) is 6.58 Å². The molecule has 0 aliphatic heterocycles. The van der Waals surface area contributed by atoms with Crippen LogP contribution in [0.1, 0.15) is 10.5 Å². The Kier molecular flexibility index (Phi) is 2.72. The quantitative estimate of drug-likeness (QED) is 0.576. The molecule has 0 atom stereocenters. The van der Waals surface area contributed by atoms with Crippen molar-refractivity contribution in [1.82, 2.24) is 9.38 Å². The average Bonchev–Trinajstić information content (AvgIpc) is 2.67. The summed E-state index contributed by atoms with van der Waals surface area (Å²) in [5.41, 5.74) is 1.34. The Labute approximate surface area is 93.8 Å². The average molecular weight is 215 g/mol. The van der Waals surface area contributed by atoms with Gasteiger partial charge in [-0.05, 0) is 12.1 Å². The van der Waals surface area contributed by atoms with Crippen LogP contribution in [-0.2, 0) is 0 Å². The van der Waals surface area contributed by atoms with E-state index in [9.17, 15) is 4.79 Å². The minimum absolute atomic E-state index is 0.569. The van der Waals surface area contributed by atoms with Gasteiger partial charge < -0.3 is 4.90 Å². The number of carbonyl (C=O) groups is 1. The van der Waals surface area contributed by atoms with Crippen LogP contribution in [0.15, 0.2) is 37.1 Å². The number of likely N-dealkylation sites (N-methyl/N-ethyl adjacent to an activating group) is 1. The topological polar surface area (TPSA) is 37.6 Å². The molecule has 0 radical (unpaired) electrons. The number of hydrogen-bond donors (Lipinski definition) is 0. The highest BCUT2D eigenvalue weighted by molar-refractivity contribution is 5.83. The molecule has 4 nitrogen and oxygen atoms in total. The van der Waals surface area contributed by atoms with Crippen LogP contribution in [0, 0.1) is 0 Å². The lowest BCUT2D eigenvalue weighted by Crippen LogP contribution is -2.18. The summed E-state index contributed by atoms with van der Waals surface area (Å²) >= 11 is 0. The molecule has 0 aliphatic carbocycles. The predicted octanol–water partition coefficient (Wildman–Crippen LogP) is 1.77. The molecule has 82 valence electrons. The molecule has 16 heavy (non-hydrogen) atoms. The minimum atomic E-state index is 0.569. The van der Waals surface area contributed by atoms with Crippen molar-refractivity contribution in [3.05, 3.63) is 42.7 Å². The smallest absolute Gasteiger partial charge is 0.170 e. The van der Waals surface area contributed by atoms with Gasteiger partial charge in [0.2, 0.25) is 0 Å². The Hall–Kier alpha value is -2.10. The summed E-state index contributed by atoms with van der Waals surface area (Å²) in [4.78, 5) is 17.4. The first kappa shape index (κ1) is 10.4. The molecule has 2 heterocycles. The summed E-state index contributed by atoms with van der Waals surface area (Å²) in [6, 6.07) is 5.64. The molecule has 2 aromatic heterocycles. The van der Waals surface area contributed by atoms with Crippen molar-refractivity contribution in [1.29, 1.82) is 0 Å². The van der Waals surface area contributed by atoms with Gasteiger partial charge >= 0.3 is 0 Å². The highest BCUT2D eigenvalue weighted by Gasteiger charge is 2.13. The first-order valence-electron chi connectivity index (χ1n) is 5.02. The number of carbonyl (C=O) groups excluding carboxylic acids is 1. The SMILES string of the molecule is C=CCN(C)c1nc2ccccn2c1C=O. The maximum absolute atomic E-state index is 11.1. The van der Waals surface area contributed by atoms with Crippen molar-refractivity contribution < 1.29 is 4.79 Å². The first-order valence-corrected chi connectivity index (χ1v) is 5.02. The Morgan fingerprint density at radius 1 is 1.56 bits per heavy atom. The number of fused-ring (bicyclic) bond motifs is 1. The normalized spacial score (nSPS) is 10.3. The third kappa shape index (κ3) is 1.58. The van der Waals surface area contributed by atoms with Gasteiger partial charge in [0.15, 0.2) is 12.1 Å². The fraction of sp³-hybridized carbons (Fsp3) is 0.167. The number of anilines is 1. The van der Waals surface area contributed by atoms with Crippen molar-refractivity contribution in [3.8, 4) is 0 Å². The highest BCUT2D eigenvalue weighted by atomic mass is 16.1. The summed E-state index contributed by atoms with van der Waals surface area (Å²) in [5.74, 6) is 0.682. The second-order valence-corrected chi connectivity index (χ2v) is 3.54. The lowest BCUT2D eigenvalue weighted by Gasteiger charge is -2.13. The summed E-state index contributed by atoms with van der Waals surface area (Å²) in [6.45, 7) is 4.33.